The van der Waals surface area contributed by atoms with Crippen LogP contribution in [0.4, 0.5) is 19.3 Å². The minimum atomic E-state index is -2.18. The van der Waals surface area contributed by atoms with Crippen LogP contribution in [0.15, 0.2) is 18.2 Å². The fourth-order valence-electron chi connectivity index (χ4n) is 1.82. The number of hydrogen-bond donors (Lipinski definition) is 0. The minimum absolute atomic E-state index is 0.105. The number of ether oxygens (including phenoxy) is 1. The first-order chi connectivity index (χ1) is 8.72. The molecule has 1 unspecified atom stereocenters. The quantitative estimate of drug-likeness (QED) is 0.727. The SMILES string of the molecule is CC(C)(C)OC(=O)N1C(=O)C(F)c2c(F)cccc21. The molecule has 0 radical (unpaired) electrons. The van der Waals surface area contributed by atoms with Crippen molar-refractivity contribution in [2.24, 2.45) is 0 Å². The van der Waals surface area contributed by atoms with Gasteiger partial charge in [-0.15, -0.1) is 0 Å². The Bertz CT molecular complexity index is 551. The molecule has 2 amide bonds. The lowest BCUT2D eigenvalue weighted by Crippen LogP contribution is -2.39. The molecule has 0 spiro atoms. The Morgan fingerprint density at radius 3 is 2.58 bits per heavy atom. The molecule has 6 heteroatoms. The predicted octanol–water partition coefficient (Wildman–Crippen LogP) is 3.12. The van der Waals surface area contributed by atoms with Gasteiger partial charge in [-0.2, -0.15) is 0 Å². The summed E-state index contributed by atoms with van der Waals surface area (Å²) >= 11 is 0. The molecule has 1 heterocycles. The van der Waals surface area contributed by atoms with Crippen LogP contribution in [0, 0.1) is 5.82 Å². The highest BCUT2D eigenvalue weighted by atomic mass is 19.1. The Labute approximate surface area is 109 Å². The zero-order valence-corrected chi connectivity index (χ0v) is 10.7. The van der Waals surface area contributed by atoms with Crippen molar-refractivity contribution in [1.29, 1.82) is 0 Å². The van der Waals surface area contributed by atoms with Gasteiger partial charge in [0, 0.05) is 0 Å². The molecule has 4 nitrogen and oxygen atoms in total. The molecule has 0 saturated carbocycles. The van der Waals surface area contributed by atoms with Crippen molar-refractivity contribution < 1.29 is 23.1 Å². The number of alkyl halides is 1. The number of halogens is 2. The second-order valence-electron chi connectivity index (χ2n) is 5.19. The topological polar surface area (TPSA) is 46.6 Å². The zero-order chi connectivity index (χ0) is 14.4. The molecule has 1 aromatic carbocycles. The smallest absolute Gasteiger partial charge is 0.421 e. The van der Waals surface area contributed by atoms with Gasteiger partial charge in [0.15, 0.2) is 0 Å². The molecule has 0 aliphatic carbocycles. The number of anilines is 1. The van der Waals surface area contributed by atoms with Gasteiger partial charge in [0.2, 0.25) is 6.17 Å². The fraction of sp³-hybridized carbons (Fsp3) is 0.385. The molecule has 19 heavy (non-hydrogen) atoms. The maximum atomic E-state index is 13.8. The summed E-state index contributed by atoms with van der Waals surface area (Å²) in [5.74, 6) is -1.99. The number of fused-ring (bicyclic) bond motifs is 1. The van der Waals surface area contributed by atoms with Crippen molar-refractivity contribution in [3.63, 3.8) is 0 Å². The van der Waals surface area contributed by atoms with E-state index in [0.29, 0.717) is 4.90 Å². The van der Waals surface area contributed by atoms with Gasteiger partial charge in [0.25, 0.3) is 5.91 Å². The molecule has 0 fully saturated rings. The van der Waals surface area contributed by atoms with E-state index in [9.17, 15) is 18.4 Å². The van der Waals surface area contributed by atoms with Gasteiger partial charge in [-0.1, -0.05) is 6.07 Å². The van der Waals surface area contributed by atoms with Gasteiger partial charge in [0.05, 0.1) is 11.3 Å². The van der Waals surface area contributed by atoms with Crippen molar-refractivity contribution in [3.8, 4) is 0 Å². The molecule has 102 valence electrons. The van der Waals surface area contributed by atoms with E-state index < -0.39 is 35.2 Å². The molecular weight excluding hydrogens is 256 g/mol. The highest BCUT2D eigenvalue weighted by Crippen LogP contribution is 2.40. The summed E-state index contributed by atoms with van der Waals surface area (Å²) in [4.78, 5) is 24.1. The van der Waals surface area contributed by atoms with Crippen LogP contribution in [-0.4, -0.2) is 17.6 Å². The van der Waals surface area contributed by atoms with Crippen LogP contribution in [0.5, 0.6) is 0 Å². The van der Waals surface area contributed by atoms with Gasteiger partial charge in [-0.05, 0) is 32.9 Å². The first kappa shape index (κ1) is 13.5. The van der Waals surface area contributed by atoms with Crippen molar-refractivity contribution in [2.45, 2.75) is 32.5 Å². The van der Waals surface area contributed by atoms with E-state index in [1.807, 2.05) is 0 Å². The maximum absolute atomic E-state index is 13.8. The lowest BCUT2D eigenvalue weighted by atomic mass is 10.1. The minimum Gasteiger partial charge on any atom is -0.443 e. The van der Waals surface area contributed by atoms with Gasteiger partial charge in [-0.3, -0.25) is 4.79 Å². The summed E-state index contributed by atoms with van der Waals surface area (Å²) in [5, 5.41) is 0. The highest BCUT2D eigenvalue weighted by Gasteiger charge is 2.44. The van der Waals surface area contributed by atoms with E-state index in [2.05, 4.69) is 0 Å². The van der Waals surface area contributed by atoms with E-state index in [1.165, 1.54) is 12.1 Å². The number of carbonyl (C=O) groups excluding carboxylic acids is 2. The summed E-state index contributed by atoms with van der Waals surface area (Å²) in [6.07, 6.45) is -3.19. The van der Waals surface area contributed by atoms with Crippen LogP contribution in [0.2, 0.25) is 0 Å². The Kier molecular flexibility index (Phi) is 3.04. The highest BCUT2D eigenvalue weighted by molar-refractivity contribution is 6.18. The van der Waals surface area contributed by atoms with Crippen molar-refractivity contribution in [3.05, 3.63) is 29.6 Å². The molecule has 1 aliphatic heterocycles. The van der Waals surface area contributed by atoms with Crippen LogP contribution >= 0.6 is 0 Å². The molecule has 0 aromatic heterocycles. The Balaban J connectivity index is 2.42. The molecule has 2 rings (SSSR count). The van der Waals surface area contributed by atoms with Gasteiger partial charge >= 0.3 is 6.09 Å². The Morgan fingerprint density at radius 1 is 1.37 bits per heavy atom. The van der Waals surface area contributed by atoms with Crippen molar-refractivity contribution >= 4 is 17.7 Å². The second kappa shape index (κ2) is 4.29. The number of carbonyl (C=O) groups is 2. The van der Waals surface area contributed by atoms with Crippen LogP contribution in [-0.2, 0) is 9.53 Å². The number of benzene rings is 1. The lowest BCUT2D eigenvalue weighted by molar-refractivity contribution is -0.122. The largest absolute Gasteiger partial charge is 0.443 e. The predicted molar refractivity (Wildman–Crippen MR) is 64.0 cm³/mol. The average Bonchev–Trinajstić information content (AvgIpc) is 2.50. The third-order valence-electron chi connectivity index (χ3n) is 2.54. The van der Waals surface area contributed by atoms with Gasteiger partial charge in [0.1, 0.15) is 11.4 Å². The van der Waals surface area contributed by atoms with Crippen molar-refractivity contribution in [2.75, 3.05) is 4.90 Å². The summed E-state index contributed by atoms with van der Waals surface area (Å²) in [6, 6.07) is 3.65. The molecule has 1 aliphatic rings. The average molecular weight is 269 g/mol. The lowest BCUT2D eigenvalue weighted by Gasteiger charge is -2.23. The van der Waals surface area contributed by atoms with E-state index in [1.54, 1.807) is 20.8 Å². The molecule has 1 aromatic rings. The fourth-order valence-corrected chi connectivity index (χ4v) is 1.82. The Morgan fingerprint density at radius 2 is 2.00 bits per heavy atom. The third-order valence-corrected chi connectivity index (χ3v) is 2.54. The number of nitrogens with zero attached hydrogens (tertiary/aromatic N) is 1. The third kappa shape index (κ3) is 2.30. The number of rotatable bonds is 0. The first-order valence-corrected chi connectivity index (χ1v) is 5.72. The normalized spacial score (nSPS) is 18.5. The molecule has 0 bridgehead atoms. The summed E-state index contributed by atoms with van der Waals surface area (Å²) in [6.45, 7) is 4.85. The zero-order valence-electron chi connectivity index (χ0n) is 10.7. The monoisotopic (exact) mass is 269 g/mol. The molecular formula is C13H13F2NO3. The summed E-state index contributed by atoms with van der Waals surface area (Å²) in [7, 11) is 0. The van der Waals surface area contributed by atoms with Crippen LogP contribution in [0.3, 0.4) is 0 Å². The summed E-state index contributed by atoms with van der Waals surface area (Å²) in [5.41, 5.74) is -1.36. The first-order valence-electron chi connectivity index (χ1n) is 5.72. The molecule has 0 saturated heterocycles. The standard InChI is InChI=1S/C13H13F2NO3/c1-13(2,3)19-12(18)16-8-6-4-5-7(14)9(8)10(15)11(16)17/h4-6,10H,1-3H3. The van der Waals surface area contributed by atoms with Gasteiger partial charge in [-0.25, -0.2) is 18.5 Å². The van der Waals surface area contributed by atoms with Crippen LogP contribution < -0.4 is 4.90 Å². The van der Waals surface area contributed by atoms with E-state index in [-0.39, 0.29) is 5.69 Å². The van der Waals surface area contributed by atoms with E-state index in [4.69, 9.17) is 4.74 Å². The van der Waals surface area contributed by atoms with Gasteiger partial charge < -0.3 is 4.74 Å². The van der Waals surface area contributed by atoms with Crippen LogP contribution in [0.25, 0.3) is 0 Å². The van der Waals surface area contributed by atoms with E-state index in [0.717, 1.165) is 6.07 Å². The second-order valence-corrected chi connectivity index (χ2v) is 5.19. The van der Waals surface area contributed by atoms with Crippen molar-refractivity contribution in [1.82, 2.24) is 0 Å². The Hall–Kier alpha value is -1.98. The number of amides is 2. The molecule has 1 atom stereocenters. The molecule has 0 N–H and O–H groups in total. The van der Waals surface area contributed by atoms with Crippen LogP contribution in [0.1, 0.15) is 32.5 Å². The summed E-state index contributed by atoms with van der Waals surface area (Å²) < 4.78 is 32.3. The van der Waals surface area contributed by atoms with E-state index >= 15 is 0 Å². The number of imide groups is 1. The number of hydrogen-bond acceptors (Lipinski definition) is 3. The maximum Gasteiger partial charge on any atom is 0.421 e.